The van der Waals surface area contributed by atoms with Gasteiger partial charge in [0, 0.05) is 31.9 Å². The molecule has 24 heavy (non-hydrogen) atoms. The Bertz CT molecular complexity index is 620. The predicted molar refractivity (Wildman–Crippen MR) is 92.8 cm³/mol. The van der Waals surface area contributed by atoms with Crippen molar-refractivity contribution < 1.29 is 19.1 Å². The van der Waals surface area contributed by atoms with Gasteiger partial charge in [0.2, 0.25) is 0 Å². The first-order valence-corrected chi connectivity index (χ1v) is 8.20. The highest BCUT2D eigenvalue weighted by Gasteiger charge is 2.26. The molecule has 0 spiro atoms. The van der Waals surface area contributed by atoms with Crippen LogP contribution in [0.2, 0.25) is 5.02 Å². The van der Waals surface area contributed by atoms with Crippen molar-refractivity contribution >= 4 is 29.4 Å². The molecule has 0 bridgehead atoms. The van der Waals surface area contributed by atoms with Crippen molar-refractivity contribution in [3.63, 3.8) is 0 Å². The summed E-state index contributed by atoms with van der Waals surface area (Å²) in [5, 5.41) is 0.355. The first-order valence-electron chi connectivity index (χ1n) is 7.82. The number of ether oxygens (including phenoxy) is 2. The lowest BCUT2D eigenvalue weighted by molar-refractivity contribution is 0.0240. The number of piperazine rings is 1. The van der Waals surface area contributed by atoms with Crippen molar-refractivity contribution in [1.29, 1.82) is 0 Å². The molecule has 0 aromatic heterocycles. The van der Waals surface area contributed by atoms with Gasteiger partial charge in [-0.25, -0.2) is 9.59 Å². The van der Waals surface area contributed by atoms with Gasteiger partial charge in [-0.15, -0.1) is 0 Å². The van der Waals surface area contributed by atoms with Crippen molar-refractivity contribution in [3.8, 4) is 0 Å². The predicted octanol–water partition coefficient (Wildman–Crippen LogP) is 3.18. The summed E-state index contributed by atoms with van der Waals surface area (Å²) in [6, 6.07) is 5.24. The molecule has 1 heterocycles. The summed E-state index contributed by atoms with van der Waals surface area (Å²) in [6.45, 7) is 8.06. The Kier molecular flexibility index (Phi) is 5.59. The van der Waals surface area contributed by atoms with Gasteiger partial charge in [0.1, 0.15) is 5.60 Å². The Hall–Kier alpha value is -1.95. The Morgan fingerprint density at radius 2 is 1.75 bits per heavy atom. The summed E-state index contributed by atoms with van der Waals surface area (Å²) >= 11 is 6.16. The number of amides is 1. The van der Waals surface area contributed by atoms with E-state index in [2.05, 4.69) is 9.64 Å². The van der Waals surface area contributed by atoms with Crippen LogP contribution in [0.25, 0.3) is 0 Å². The maximum absolute atomic E-state index is 12.1. The number of benzene rings is 1. The van der Waals surface area contributed by atoms with Gasteiger partial charge in [0.15, 0.2) is 0 Å². The summed E-state index contributed by atoms with van der Waals surface area (Å²) in [5.41, 5.74) is 0.762. The number of hydrogen-bond donors (Lipinski definition) is 0. The molecule has 1 aromatic rings. The summed E-state index contributed by atoms with van der Waals surface area (Å²) in [4.78, 5) is 27.5. The smallest absolute Gasteiger partial charge is 0.410 e. The van der Waals surface area contributed by atoms with Crippen LogP contribution in [0.1, 0.15) is 31.1 Å². The average molecular weight is 355 g/mol. The number of esters is 1. The molecule has 2 rings (SSSR count). The van der Waals surface area contributed by atoms with E-state index >= 15 is 0 Å². The monoisotopic (exact) mass is 354 g/mol. The average Bonchev–Trinajstić information content (AvgIpc) is 2.52. The van der Waals surface area contributed by atoms with E-state index in [0.717, 1.165) is 5.69 Å². The van der Waals surface area contributed by atoms with E-state index in [4.69, 9.17) is 16.3 Å². The molecule has 0 unspecified atom stereocenters. The van der Waals surface area contributed by atoms with E-state index in [9.17, 15) is 9.59 Å². The van der Waals surface area contributed by atoms with E-state index in [1.54, 1.807) is 17.0 Å². The van der Waals surface area contributed by atoms with Crippen molar-refractivity contribution in [2.45, 2.75) is 26.4 Å². The molecule has 1 aliphatic heterocycles. The number of anilines is 1. The number of carbonyl (C=O) groups excluding carboxylic acids is 2. The van der Waals surface area contributed by atoms with Crippen LogP contribution in [0.4, 0.5) is 10.5 Å². The van der Waals surface area contributed by atoms with Gasteiger partial charge in [0.25, 0.3) is 0 Å². The second-order valence-corrected chi connectivity index (χ2v) is 7.02. The van der Waals surface area contributed by atoms with Crippen molar-refractivity contribution in [1.82, 2.24) is 4.90 Å². The van der Waals surface area contributed by atoms with Crippen LogP contribution in [-0.2, 0) is 9.47 Å². The maximum atomic E-state index is 12.1. The zero-order valence-corrected chi connectivity index (χ0v) is 15.2. The molecular weight excluding hydrogens is 332 g/mol. The molecule has 0 atom stereocenters. The van der Waals surface area contributed by atoms with Crippen LogP contribution in [0, 0.1) is 0 Å². The zero-order chi connectivity index (χ0) is 17.9. The highest BCUT2D eigenvalue weighted by atomic mass is 35.5. The van der Waals surface area contributed by atoms with Crippen LogP contribution in [0.3, 0.4) is 0 Å². The lowest BCUT2D eigenvalue weighted by Crippen LogP contribution is -2.50. The highest BCUT2D eigenvalue weighted by Crippen LogP contribution is 2.25. The number of halogens is 1. The minimum Gasteiger partial charge on any atom is -0.465 e. The summed E-state index contributed by atoms with van der Waals surface area (Å²) in [7, 11) is 1.32. The molecular formula is C17H23ClN2O4. The topological polar surface area (TPSA) is 59.1 Å². The van der Waals surface area contributed by atoms with Gasteiger partial charge >= 0.3 is 12.1 Å². The standard InChI is InChI=1S/C17H23ClN2O4/c1-17(2,3)24-16(22)20-9-7-19(8-10-20)12-5-6-13(14(18)11-12)15(21)23-4/h5-6,11H,7-10H2,1-4H3. The fourth-order valence-corrected chi connectivity index (χ4v) is 2.70. The molecule has 1 amide bonds. The normalized spacial score (nSPS) is 15.2. The molecule has 0 aliphatic carbocycles. The number of rotatable bonds is 2. The van der Waals surface area contributed by atoms with Gasteiger partial charge in [0.05, 0.1) is 17.7 Å². The van der Waals surface area contributed by atoms with Gasteiger partial charge in [-0.1, -0.05) is 11.6 Å². The van der Waals surface area contributed by atoms with Gasteiger partial charge in [-0.2, -0.15) is 0 Å². The van der Waals surface area contributed by atoms with Crippen LogP contribution < -0.4 is 4.90 Å². The SMILES string of the molecule is COC(=O)c1ccc(N2CCN(C(=O)OC(C)(C)C)CC2)cc1Cl. The molecule has 1 saturated heterocycles. The number of hydrogen-bond acceptors (Lipinski definition) is 5. The summed E-state index contributed by atoms with van der Waals surface area (Å²) < 4.78 is 10.1. The third-order valence-corrected chi connectivity index (χ3v) is 3.97. The third kappa shape index (κ3) is 4.54. The Morgan fingerprint density at radius 1 is 1.12 bits per heavy atom. The van der Waals surface area contributed by atoms with Gasteiger partial charge < -0.3 is 19.3 Å². The van der Waals surface area contributed by atoms with Crippen LogP contribution in [0.5, 0.6) is 0 Å². The minimum atomic E-state index is -0.495. The first kappa shape index (κ1) is 18.4. The molecule has 1 fully saturated rings. The number of nitrogens with zero attached hydrogens (tertiary/aromatic N) is 2. The van der Waals surface area contributed by atoms with E-state index < -0.39 is 11.6 Å². The van der Waals surface area contributed by atoms with Gasteiger partial charge in [-0.05, 0) is 39.0 Å². The molecule has 6 nitrogen and oxygen atoms in total. The minimum absolute atomic E-state index is 0.291. The zero-order valence-electron chi connectivity index (χ0n) is 14.5. The fourth-order valence-electron chi connectivity index (χ4n) is 2.45. The molecule has 0 saturated carbocycles. The third-order valence-electron chi connectivity index (χ3n) is 3.65. The second kappa shape index (κ2) is 7.30. The van der Waals surface area contributed by atoms with Crippen LogP contribution in [0.15, 0.2) is 18.2 Å². The van der Waals surface area contributed by atoms with E-state index in [0.29, 0.717) is 36.8 Å². The molecule has 132 valence electrons. The van der Waals surface area contributed by atoms with Gasteiger partial charge in [-0.3, -0.25) is 0 Å². The second-order valence-electron chi connectivity index (χ2n) is 6.61. The Labute approximate surface area is 147 Å². The lowest BCUT2D eigenvalue weighted by Gasteiger charge is -2.36. The van der Waals surface area contributed by atoms with Crippen LogP contribution in [-0.4, -0.2) is 55.9 Å². The van der Waals surface area contributed by atoms with Crippen LogP contribution >= 0.6 is 11.6 Å². The van der Waals surface area contributed by atoms with Crippen molar-refractivity contribution in [2.24, 2.45) is 0 Å². The Balaban J connectivity index is 1.98. The number of carbonyl (C=O) groups is 2. The van der Waals surface area contributed by atoms with E-state index in [1.807, 2.05) is 26.8 Å². The summed E-state index contributed by atoms with van der Waals surface area (Å²) in [6.07, 6.45) is -0.291. The largest absolute Gasteiger partial charge is 0.465 e. The molecule has 0 N–H and O–H groups in total. The molecule has 1 aliphatic rings. The fraction of sp³-hybridized carbons (Fsp3) is 0.529. The van der Waals surface area contributed by atoms with Crippen molar-refractivity contribution in [3.05, 3.63) is 28.8 Å². The highest BCUT2D eigenvalue weighted by molar-refractivity contribution is 6.33. The molecule has 1 aromatic carbocycles. The molecule has 7 heteroatoms. The number of methoxy groups -OCH3 is 1. The molecule has 0 radical (unpaired) electrons. The first-order chi connectivity index (χ1) is 11.2. The lowest BCUT2D eigenvalue weighted by atomic mass is 10.1. The van der Waals surface area contributed by atoms with E-state index in [1.165, 1.54) is 7.11 Å². The summed E-state index contributed by atoms with van der Waals surface area (Å²) in [5.74, 6) is -0.457. The maximum Gasteiger partial charge on any atom is 0.410 e. The Morgan fingerprint density at radius 3 is 2.25 bits per heavy atom. The van der Waals surface area contributed by atoms with E-state index in [-0.39, 0.29) is 6.09 Å². The quantitative estimate of drug-likeness (QED) is 0.763. The van der Waals surface area contributed by atoms with Crippen molar-refractivity contribution in [2.75, 3.05) is 38.2 Å².